The molecule has 2 aromatic heterocycles. The van der Waals surface area contributed by atoms with Crippen molar-refractivity contribution in [1.82, 2.24) is 19.6 Å². The van der Waals surface area contributed by atoms with Gasteiger partial charge >= 0.3 is 0 Å². The van der Waals surface area contributed by atoms with E-state index in [0.717, 1.165) is 17.0 Å². The van der Waals surface area contributed by atoms with Gasteiger partial charge in [0.05, 0.1) is 17.1 Å². The Kier molecular flexibility index (Phi) is 6.34. The molecule has 0 unspecified atom stereocenters. The largest absolute Gasteiger partial charge is 0.317 e. The highest BCUT2D eigenvalue weighted by molar-refractivity contribution is 6.04. The van der Waals surface area contributed by atoms with Crippen molar-refractivity contribution in [2.45, 2.75) is 46.6 Å². The summed E-state index contributed by atoms with van der Waals surface area (Å²) in [5, 5.41) is 14.5. The van der Waals surface area contributed by atoms with Crippen molar-refractivity contribution >= 4 is 23.3 Å². The first-order valence-electron chi connectivity index (χ1n) is 10.0. The Bertz CT molecular complexity index is 1050. The maximum absolute atomic E-state index is 12.7. The van der Waals surface area contributed by atoms with Gasteiger partial charge in [0.15, 0.2) is 5.69 Å². The SMILES string of the molecule is Cc1nn(C(C)C)c(C)c1NC(=O)c1cc(NC(=O)CCc2ccccc2)n(C)n1. The number of benzene rings is 1. The summed E-state index contributed by atoms with van der Waals surface area (Å²) in [5.41, 5.74) is 3.66. The molecule has 2 amide bonds. The number of hydrogen-bond acceptors (Lipinski definition) is 4. The average Bonchev–Trinajstić information content (AvgIpc) is 3.21. The number of amides is 2. The summed E-state index contributed by atoms with van der Waals surface area (Å²) in [6.07, 6.45) is 1.000. The number of nitrogens with zero attached hydrogens (tertiary/aromatic N) is 4. The van der Waals surface area contributed by atoms with Gasteiger partial charge in [-0.2, -0.15) is 10.2 Å². The van der Waals surface area contributed by atoms with E-state index in [9.17, 15) is 9.59 Å². The summed E-state index contributed by atoms with van der Waals surface area (Å²) in [4.78, 5) is 25.0. The summed E-state index contributed by atoms with van der Waals surface area (Å²) in [5.74, 6) is 0.00753. The minimum atomic E-state index is -0.343. The van der Waals surface area contributed by atoms with Gasteiger partial charge in [-0.1, -0.05) is 30.3 Å². The molecule has 2 N–H and O–H groups in total. The van der Waals surface area contributed by atoms with Gasteiger partial charge in [-0.05, 0) is 39.7 Å². The summed E-state index contributed by atoms with van der Waals surface area (Å²) in [7, 11) is 1.69. The molecule has 2 heterocycles. The molecule has 8 nitrogen and oxygen atoms in total. The van der Waals surface area contributed by atoms with E-state index in [0.29, 0.717) is 24.3 Å². The van der Waals surface area contributed by atoms with Gasteiger partial charge in [0.25, 0.3) is 5.91 Å². The van der Waals surface area contributed by atoms with E-state index in [2.05, 4.69) is 20.8 Å². The van der Waals surface area contributed by atoms with Crippen LogP contribution in [0.2, 0.25) is 0 Å². The normalized spacial score (nSPS) is 11.0. The van der Waals surface area contributed by atoms with Crippen LogP contribution in [0.1, 0.15) is 53.7 Å². The number of aromatic nitrogens is 4. The van der Waals surface area contributed by atoms with Crippen molar-refractivity contribution in [3.63, 3.8) is 0 Å². The zero-order valence-electron chi connectivity index (χ0n) is 18.1. The van der Waals surface area contributed by atoms with Gasteiger partial charge in [-0.15, -0.1) is 0 Å². The molecule has 30 heavy (non-hydrogen) atoms. The molecular weight excluding hydrogens is 380 g/mol. The second-order valence-corrected chi connectivity index (χ2v) is 7.61. The molecule has 3 rings (SSSR count). The zero-order valence-corrected chi connectivity index (χ0v) is 18.1. The molecule has 8 heteroatoms. The number of carbonyl (C=O) groups is 2. The Morgan fingerprint density at radius 3 is 2.40 bits per heavy atom. The average molecular weight is 409 g/mol. The molecule has 0 saturated heterocycles. The molecule has 0 atom stereocenters. The highest BCUT2D eigenvalue weighted by atomic mass is 16.2. The highest BCUT2D eigenvalue weighted by Gasteiger charge is 2.19. The molecule has 0 fully saturated rings. The lowest BCUT2D eigenvalue weighted by Crippen LogP contribution is -2.15. The Balaban J connectivity index is 1.65. The van der Waals surface area contributed by atoms with Crippen LogP contribution in [0, 0.1) is 13.8 Å². The van der Waals surface area contributed by atoms with Crippen molar-refractivity contribution < 1.29 is 9.59 Å². The fourth-order valence-electron chi connectivity index (χ4n) is 3.33. The molecule has 3 aromatic rings. The number of aryl methyl sites for hydroxylation is 3. The Labute approximate surface area is 176 Å². The van der Waals surface area contributed by atoms with Crippen LogP contribution in [0.25, 0.3) is 0 Å². The topological polar surface area (TPSA) is 93.8 Å². The van der Waals surface area contributed by atoms with E-state index in [4.69, 9.17) is 0 Å². The fourth-order valence-corrected chi connectivity index (χ4v) is 3.33. The van der Waals surface area contributed by atoms with Crippen molar-refractivity contribution in [3.8, 4) is 0 Å². The molecule has 158 valence electrons. The van der Waals surface area contributed by atoms with E-state index >= 15 is 0 Å². The van der Waals surface area contributed by atoms with Crippen LogP contribution < -0.4 is 10.6 Å². The predicted octanol–water partition coefficient (Wildman–Crippen LogP) is 3.64. The summed E-state index contributed by atoms with van der Waals surface area (Å²) >= 11 is 0. The Morgan fingerprint density at radius 2 is 1.77 bits per heavy atom. The van der Waals surface area contributed by atoms with Crippen molar-refractivity contribution in [2.75, 3.05) is 10.6 Å². The number of carbonyl (C=O) groups excluding carboxylic acids is 2. The van der Waals surface area contributed by atoms with Gasteiger partial charge in [0.1, 0.15) is 5.82 Å². The first-order chi connectivity index (χ1) is 14.3. The quantitative estimate of drug-likeness (QED) is 0.624. The lowest BCUT2D eigenvalue weighted by atomic mass is 10.1. The van der Waals surface area contributed by atoms with Gasteiger partial charge in [-0.3, -0.25) is 19.0 Å². The van der Waals surface area contributed by atoms with Crippen LogP contribution in [0.3, 0.4) is 0 Å². The molecule has 0 aliphatic heterocycles. The Morgan fingerprint density at radius 1 is 1.07 bits per heavy atom. The number of nitrogens with one attached hydrogen (secondary N) is 2. The van der Waals surface area contributed by atoms with Crippen LogP contribution in [-0.2, 0) is 18.3 Å². The van der Waals surface area contributed by atoms with Gasteiger partial charge in [0.2, 0.25) is 5.91 Å². The first kappa shape index (κ1) is 21.3. The Hall–Kier alpha value is -3.42. The standard InChI is InChI=1S/C22H28N6O2/c1-14(2)28-16(4)21(15(3)25-28)24-22(30)18-13-19(27(5)26-18)23-20(29)12-11-17-9-7-6-8-10-17/h6-10,13-14H,11-12H2,1-5H3,(H,23,29)(H,24,30). The number of rotatable bonds is 7. The maximum Gasteiger partial charge on any atom is 0.276 e. The second-order valence-electron chi connectivity index (χ2n) is 7.61. The highest BCUT2D eigenvalue weighted by Crippen LogP contribution is 2.23. The molecule has 0 aliphatic carbocycles. The van der Waals surface area contributed by atoms with E-state index < -0.39 is 0 Å². The zero-order chi connectivity index (χ0) is 21.8. The third kappa shape index (κ3) is 4.76. The second kappa shape index (κ2) is 8.94. The van der Waals surface area contributed by atoms with Gasteiger partial charge in [-0.25, -0.2) is 0 Å². The maximum atomic E-state index is 12.7. The monoisotopic (exact) mass is 408 g/mol. The van der Waals surface area contributed by atoms with Gasteiger partial charge < -0.3 is 10.6 Å². The number of anilines is 2. The van der Waals surface area contributed by atoms with E-state index in [1.54, 1.807) is 13.1 Å². The molecule has 0 saturated carbocycles. The predicted molar refractivity (Wildman–Crippen MR) is 117 cm³/mol. The molecular formula is C22H28N6O2. The van der Waals surface area contributed by atoms with Crippen LogP contribution in [0.4, 0.5) is 11.5 Å². The van der Waals surface area contributed by atoms with Crippen LogP contribution in [0.15, 0.2) is 36.4 Å². The summed E-state index contributed by atoms with van der Waals surface area (Å²) in [6, 6.07) is 11.6. The number of hydrogen-bond donors (Lipinski definition) is 2. The van der Waals surface area contributed by atoms with Crippen molar-refractivity contribution in [1.29, 1.82) is 0 Å². The van der Waals surface area contributed by atoms with Gasteiger partial charge in [0, 0.05) is 25.6 Å². The fraction of sp³-hybridized carbons (Fsp3) is 0.364. The van der Waals surface area contributed by atoms with Crippen LogP contribution in [-0.4, -0.2) is 31.4 Å². The lowest BCUT2D eigenvalue weighted by Gasteiger charge is -2.08. The van der Waals surface area contributed by atoms with Crippen molar-refractivity contribution in [2.24, 2.45) is 7.05 Å². The van der Waals surface area contributed by atoms with Crippen LogP contribution >= 0.6 is 0 Å². The smallest absolute Gasteiger partial charge is 0.276 e. The first-order valence-corrected chi connectivity index (χ1v) is 10.0. The third-order valence-electron chi connectivity index (χ3n) is 4.92. The molecule has 0 bridgehead atoms. The third-order valence-corrected chi connectivity index (χ3v) is 4.92. The van der Waals surface area contributed by atoms with Crippen molar-refractivity contribution in [3.05, 3.63) is 59.0 Å². The summed E-state index contributed by atoms with van der Waals surface area (Å²) in [6.45, 7) is 7.86. The molecule has 0 spiro atoms. The molecule has 0 aliphatic rings. The minimum absolute atomic E-state index is 0.126. The van der Waals surface area contributed by atoms with Crippen LogP contribution in [0.5, 0.6) is 0 Å². The van der Waals surface area contributed by atoms with E-state index in [1.165, 1.54) is 4.68 Å². The van der Waals surface area contributed by atoms with E-state index in [-0.39, 0.29) is 23.6 Å². The minimum Gasteiger partial charge on any atom is -0.317 e. The lowest BCUT2D eigenvalue weighted by molar-refractivity contribution is -0.116. The molecule has 0 radical (unpaired) electrons. The summed E-state index contributed by atoms with van der Waals surface area (Å²) < 4.78 is 3.37. The molecule has 1 aromatic carbocycles. The van der Waals surface area contributed by atoms with E-state index in [1.807, 2.05) is 62.7 Å².